The zero-order valence-electron chi connectivity index (χ0n) is 37.0. The molecule has 1 atom stereocenters. The zero-order chi connectivity index (χ0) is 43.7. The lowest BCUT2D eigenvalue weighted by Gasteiger charge is -2.26. The average molecular weight is 848 g/mol. The van der Waals surface area contributed by atoms with Crippen molar-refractivity contribution in [2.45, 2.75) is 58.5 Å². The summed E-state index contributed by atoms with van der Waals surface area (Å²) in [5.74, 6) is 1.44. The minimum absolute atomic E-state index is 0.00947. The Morgan fingerprint density at radius 2 is 1.14 bits per heavy atom. The van der Waals surface area contributed by atoms with Crippen molar-refractivity contribution < 1.29 is 0 Å². The standard InChI is InChI=1S/C58H49N5S/c1-57(2,3)42-31-43(58(4,5)6)33-44(32-42)63-49-23-14-13-22-45(49)46-29-39(24-26-50(46)63)40-25-27-51-47(30-40)53-48(34-59-35-52(53)64-51)56-61-54(37-18-11-8-12-19-37)60-55(62-56)41-21-15-20-38(28-41)36-16-9-7-10-17-36/h7-35,54H,1-6H3,(H,60,61,62). The van der Waals surface area contributed by atoms with Crippen LogP contribution in [0, 0.1) is 0 Å². The molecule has 1 unspecified atom stereocenters. The molecule has 4 heterocycles. The molecule has 5 nitrogen and oxygen atoms in total. The van der Waals surface area contributed by atoms with Gasteiger partial charge in [-0.15, -0.1) is 11.3 Å². The second kappa shape index (κ2) is 15.3. The van der Waals surface area contributed by atoms with E-state index in [-0.39, 0.29) is 17.0 Å². The normalized spacial score (nSPS) is 14.6. The number of nitrogens with zero attached hydrogens (tertiary/aromatic N) is 4. The Labute approximate surface area is 378 Å². The Hall–Kier alpha value is -7.15. The van der Waals surface area contributed by atoms with Crippen LogP contribution in [0.1, 0.15) is 75.5 Å². The third-order valence-corrected chi connectivity index (χ3v) is 13.7. The quantitative estimate of drug-likeness (QED) is 0.181. The van der Waals surface area contributed by atoms with E-state index in [1.807, 2.05) is 24.5 Å². The number of thiophene rings is 1. The van der Waals surface area contributed by atoms with Gasteiger partial charge in [0.1, 0.15) is 12.0 Å². The van der Waals surface area contributed by atoms with Crippen LogP contribution in [0.25, 0.3) is 69.9 Å². The van der Waals surface area contributed by atoms with Crippen LogP contribution >= 0.6 is 11.3 Å². The SMILES string of the molecule is CC(C)(C)c1cc(-n2c3ccccc3c3cc(-c4ccc5sc6cncc(C7=NC(c8ccccc8)NC(c8cccc(-c9ccccc9)c8)=N7)c6c5c4)ccc32)cc(C(C)(C)C)c1. The number of nitrogens with one attached hydrogen (secondary N) is 1. The van der Waals surface area contributed by atoms with E-state index in [9.17, 15) is 0 Å². The predicted octanol–water partition coefficient (Wildman–Crippen LogP) is 15.0. The minimum Gasteiger partial charge on any atom is -0.344 e. The fourth-order valence-electron chi connectivity index (χ4n) is 9.11. The first-order valence-corrected chi connectivity index (χ1v) is 22.9. The van der Waals surface area contributed by atoms with Crippen molar-refractivity contribution in [1.82, 2.24) is 14.9 Å². The van der Waals surface area contributed by atoms with Gasteiger partial charge in [0.2, 0.25) is 0 Å². The van der Waals surface area contributed by atoms with E-state index in [4.69, 9.17) is 15.0 Å². The number of pyridine rings is 1. The van der Waals surface area contributed by atoms with Gasteiger partial charge >= 0.3 is 0 Å². The van der Waals surface area contributed by atoms with Gasteiger partial charge in [-0.2, -0.15) is 0 Å². The van der Waals surface area contributed by atoms with Crippen LogP contribution in [-0.4, -0.2) is 21.2 Å². The molecular weight excluding hydrogens is 799 g/mol. The lowest BCUT2D eigenvalue weighted by Crippen LogP contribution is -2.33. The Balaban J connectivity index is 1.05. The van der Waals surface area contributed by atoms with Gasteiger partial charge in [-0.1, -0.05) is 157 Å². The monoisotopic (exact) mass is 847 g/mol. The van der Waals surface area contributed by atoms with Gasteiger partial charge in [-0.25, -0.2) is 9.98 Å². The number of hydrogen-bond donors (Lipinski definition) is 1. The Bertz CT molecular complexity index is 3460. The van der Waals surface area contributed by atoms with E-state index in [1.165, 1.54) is 54.3 Å². The molecule has 7 aromatic carbocycles. The molecule has 0 bridgehead atoms. The lowest BCUT2D eigenvalue weighted by molar-refractivity contribution is 0.568. The van der Waals surface area contributed by atoms with Gasteiger partial charge in [0, 0.05) is 55.5 Å². The molecule has 0 aliphatic carbocycles. The van der Waals surface area contributed by atoms with Gasteiger partial charge in [0.15, 0.2) is 5.84 Å². The average Bonchev–Trinajstić information content (AvgIpc) is 3.86. The van der Waals surface area contributed by atoms with E-state index in [0.717, 1.165) is 49.3 Å². The van der Waals surface area contributed by atoms with Crippen molar-refractivity contribution in [3.8, 4) is 27.9 Å². The van der Waals surface area contributed by atoms with E-state index in [1.54, 1.807) is 11.3 Å². The molecule has 6 heteroatoms. The highest BCUT2D eigenvalue weighted by atomic mass is 32.1. The Kier molecular flexibility index (Phi) is 9.48. The predicted molar refractivity (Wildman–Crippen MR) is 272 cm³/mol. The maximum atomic E-state index is 5.30. The van der Waals surface area contributed by atoms with E-state index < -0.39 is 0 Å². The maximum absolute atomic E-state index is 5.30. The first-order valence-electron chi connectivity index (χ1n) is 22.1. The molecule has 0 saturated heterocycles. The van der Waals surface area contributed by atoms with E-state index in [0.29, 0.717) is 5.84 Å². The van der Waals surface area contributed by atoms with Crippen molar-refractivity contribution in [2.75, 3.05) is 0 Å². The van der Waals surface area contributed by atoms with Crippen LogP contribution in [-0.2, 0) is 10.8 Å². The summed E-state index contributed by atoms with van der Waals surface area (Å²) >= 11 is 1.76. The van der Waals surface area contributed by atoms with Crippen LogP contribution in [0.15, 0.2) is 186 Å². The molecule has 312 valence electrons. The smallest absolute Gasteiger partial charge is 0.161 e. The zero-order valence-corrected chi connectivity index (χ0v) is 37.8. The van der Waals surface area contributed by atoms with Crippen LogP contribution in [0.4, 0.5) is 0 Å². The summed E-state index contributed by atoms with van der Waals surface area (Å²) < 4.78 is 4.77. The second-order valence-corrected chi connectivity index (χ2v) is 20.1. The van der Waals surface area contributed by atoms with Crippen molar-refractivity contribution >= 4 is 65.0 Å². The molecule has 64 heavy (non-hydrogen) atoms. The molecule has 10 aromatic rings. The topological polar surface area (TPSA) is 54.6 Å². The van der Waals surface area contributed by atoms with Gasteiger partial charge in [-0.3, -0.25) is 4.98 Å². The number of aromatic nitrogens is 2. The summed E-state index contributed by atoms with van der Waals surface area (Å²) in [7, 11) is 0. The number of hydrogen-bond acceptors (Lipinski definition) is 5. The number of amidine groups is 2. The molecule has 0 radical (unpaired) electrons. The molecular formula is C58H49N5S. The van der Waals surface area contributed by atoms with Crippen molar-refractivity contribution in [3.05, 3.63) is 204 Å². The van der Waals surface area contributed by atoms with E-state index >= 15 is 0 Å². The van der Waals surface area contributed by atoms with Crippen molar-refractivity contribution in [3.63, 3.8) is 0 Å². The third kappa shape index (κ3) is 7.08. The highest BCUT2D eigenvalue weighted by molar-refractivity contribution is 7.25. The summed E-state index contributed by atoms with van der Waals surface area (Å²) in [5.41, 5.74) is 13.9. The first kappa shape index (κ1) is 39.7. The molecule has 11 rings (SSSR count). The van der Waals surface area contributed by atoms with Gasteiger partial charge in [0.05, 0.1) is 15.7 Å². The fraction of sp³-hybridized carbons (Fsp3) is 0.155. The molecule has 0 saturated carbocycles. The largest absolute Gasteiger partial charge is 0.344 e. The summed E-state index contributed by atoms with van der Waals surface area (Å²) in [6, 6.07) is 59.3. The summed E-state index contributed by atoms with van der Waals surface area (Å²) in [5, 5.41) is 8.45. The highest BCUT2D eigenvalue weighted by Gasteiger charge is 2.25. The molecule has 1 aliphatic heterocycles. The number of para-hydroxylation sites is 1. The summed E-state index contributed by atoms with van der Waals surface area (Å²) in [6.07, 6.45) is 3.59. The van der Waals surface area contributed by atoms with Crippen LogP contribution in [0.3, 0.4) is 0 Å². The van der Waals surface area contributed by atoms with Gasteiger partial charge in [-0.05, 0) is 98.3 Å². The number of benzene rings is 7. The molecule has 3 aromatic heterocycles. The molecule has 1 N–H and O–H groups in total. The third-order valence-electron chi connectivity index (χ3n) is 12.6. The molecule has 1 aliphatic rings. The van der Waals surface area contributed by atoms with Crippen LogP contribution in [0.5, 0.6) is 0 Å². The minimum atomic E-state index is -0.329. The van der Waals surface area contributed by atoms with Gasteiger partial charge in [0.25, 0.3) is 0 Å². The Morgan fingerprint density at radius 1 is 0.516 bits per heavy atom. The maximum Gasteiger partial charge on any atom is 0.161 e. The highest BCUT2D eigenvalue weighted by Crippen LogP contribution is 2.41. The van der Waals surface area contributed by atoms with Crippen LogP contribution in [0.2, 0.25) is 0 Å². The molecule has 0 amide bonds. The van der Waals surface area contributed by atoms with Gasteiger partial charge < -0.3 is 9.88 Å². The molecule has 0 spiro atoms. The first-order chi connectivity index (χ1) is 31.0. The lowest BCUT2D eigenvalue weighted by atomic mass is 9.80. The number of rotatable bonds is 6. The number of fused-ring (bicyclic) bond motifs is 6. The number of aliphatic imine (C=N–C) groups is 2. The van der Waals surface area contributed by atoms with Crippen LogP contribution < -0.4 is 5.32 Å². The summed E-state index contributed by atoms with van der Waals surface area (Å²) in [6.45, 7) is 13.8. The van der Waals surface area contributed by atoms with Crippen molar-refractivity contribution in [2.24, 2.45) is 9.98 Å². The second-order valence-electron chi connectivity index (χ2n) is 19.0. The van der Waals surface area contributed by atoms with Crippen molar-refractivity contribution in [1.29, 1.82) is 0 Å². The molecule has 0 fully saturated rings. The fourth-order valence-corrected chi connectivity index (χ4v) is 10.2. The summed E-state index contributed by atoms with van der Waals surface area (Å²) in [4.78, 5) is 15.4. The Morgan fingerprint density at radius 3 is 1.89 bits per heavy atom. The van der Waals surface area contributed by atoms with E-state index in [2.05, 4.69) is 203 Å².